The Bertz CT molecular complexity index is 165. The first kappa shape index (κ1) is 14.5. The highest BCUT2D eigenvalue weighted by Crippen LogP contribution is 2.11. The molecule has 0 heterocycles. The predicted octanol–water partition coefficient (Wildman–Crippen LogP) is 5.51. The number of hydrogen-bond donors (Lipinski definition) is 0. The van der Waals surface area contributed by atoms with Crippen molar-refractivity contribution in [1.29, 1.82) is 0 Å². The van der Waals surface area contributed by atoms with Gasteiger partial charge >= 0.3 is 0 Å². The number of allylic oxidation sites excluding steroid dienone is 4. The largest absolute Gasteiger partial charge is 0.0888 e. The first-order valence-corrected chi connectivity index (χ1v) is 6.62. The number of unbranched alkanes of at least 4 members (excludes halogenated alkanes) is 3. The van der Waals surface area contributed by atoms with Crippen molar-refractivity contribution in [3.05, 3.63) is 24.3 Å². The molecule has 0 saturated heterocycles. The van der Waals surface area contributed by atoms with Gasteiger partial charge in [0.15, 0.2) is 0 Å². The molecule has 88 valence electrons. The first-order chi connectivity index (χ1) is 7.31. The van der Waals surface area contributed by atoms with E-state index < -0.39 is 0 Å². The van der Waals surface area contributed by atoms with Crippen LogP contribution in [0.1, 0.15) is 65.7 Å². The maximum atomic E-state index is 2.38. The number of hydrogen-bond acceptors (Lipinski definition) is 0. The minimum Gasteiger partial charge on any atom is -0.0888 e. The molecule has 0 aromatic heterocycles. The Morgan fingerprint density at radius 3 is 2.33 bits per heavy atom. The van der Waals surface area contributed by atoms with E-state index in [9.17, 15) is 0 Å². The van der Waals surface area contributed by atoms with Gasteiger partial charge in [-0.2, -0.15) is 0 Å². The Labute approximate surface area is 96.5 Å². The summed E-state index contributed by atoms with van der Waals surface area (Å²) in [6, 6.07) is 0. The van der Waals surface area contributed by atoms with Gasteiger partial charge in [-0.1, -0.05) is 64.3 Å². The van der Waals surface area contributed by atoms with Crippen molar-refractivity contribution in [1.82, 2.24) is 0 Å². The van der Waals surface area contributed by atoms with Gasteiger partial charge < -0.3 is 0 Å². The van der Waals surface area contributed by atoms with E-state index in [2.05, 4.69) is 45.1 Å². The molecule has 0 aromatic carbocycles. The Morgan fingerprint density at radius 1 is 0.933 bits per heavy atom. The summed E-state index contributed by atoms with van der Waals surface area (Å²) in [6.45, 7) is 6.77. The Kier molecular flexibility index (Phi) is 11.2. The molecule has 0 bridgehead atoms. The van der Waals surface area contributed by atoms with Crippen LogP contribution < -0.4 is 0 Å². The van der Waals surface area contributed by atoms with Crippen molar-refractivity contribution in [3.8, 4) is 0 Å². The van der Waals surface area contributed by atoms with Gasteiger partial charge in [-0.05, 0) is 31.6 Å². The summed E-state index contributed by atoms with van der Waals surface area (Å²) in [5.74, 6) is 0.770. The molecule has 0 heteroatoms. The van der Waals surface area contributed by atoms with E-state index >= 15 is 0 Å². The monoisotopic (exact) mass is 208 g/mol. The maximum absolute atomic E-state index is 2.38. The summed E-state index contributed by atoms with van der Waals surface area (Å²) in [6.07, 6.45) is 18.3. The van der Waals surface area contributed by atoms with E-state index in [0.717, 1.165) is 12.3 Å². The Hall–Kier alpha value is -0.520. The van der Waals surface area contributed by atoms with Crippen LogP contribution >= 0.6 is 0 Å². The highest BCUT2D eigenvalue weighted by atomic mass is 14.0. The second-order valence-corrected chi connectivity index (χ2v) is 4.36. The lowest BCUT2D eigenvalue weighted by Crippen LogP contribution is -1.89. The molecule has 15 heavy (non-hydrogen) atoms. The molecule has 0 N–H and O–H groups in total. The average molecular weight is 208 g/mol. The first-order valence-electron chi connectivity index (χ1n) is 6.62. The number of rotatable bonds is 9. The van der Waals surface area contributed by atoms with Crippen LogP contribution in [0.3, 0.4) is 0 Å². The van der Waals surface area contributed by atoms with Crippen LogP contribution in [0.5, 0.6) is 0 Å². The van der Waals surface area contributed by atoms with E-state index in [1.165, 1.54) is 38.5 Å². The molecule has 0 aliphatic carbocycles. The zero-order valence-electron chi connectivity index (χ0n) is 10.8. The molecule has 0 nitrogen and oxygen atoms in total. The van der Waals surface area contributed by atoms with Gasteiger partial charge in [0.2, 0.25) is 0 Å². The average Bonchev–Trinajstić information content (AvgIpc) is 2.23. The minimum absolute atomic E-state index is 0.770. The fourth-order valence-corrected chi connectivity index (χ4v) is 1.62. The minimum atomic E-state index is 0.770. The lowest BCUT2D eigenvalue weighted by molar-refractivity contribution is 0.575. The van der Waals surface area contributed by atoms with E-state index in [1.807, 2.05) is 0 Å². The second-order valence-electron chi connectivity index (χ2n) is 4.36. The van der Waals surface area contributed by atoms with Crippen molar-refractivity contribution in [2.24, 2.45) is 5.92 Å². The fraction of sp³-hybridized carbons (Fsp3) is 0.733. The van der Waals surface area contributed by atoms with Gasteiger partial charge in [0, 0.05) is 0 Å². The third-order valence-electron chi connectivity index (χ3n) is 2.63. The molecule has 1 atom stereocenters. The summed E-state index contributed by atoms with van der Waals surface area (Å²) in [5.41, 5.74) is 0. The van der Waals surface area contributed by atoms with Gasteiger partial charge in [0.05, 0.1) is 0 Å². The third-order valence-corrected chi connectivity index (χ3v) is 2.63. The third kappa shape index (κ3) is 11.4. The van der Waals surface area contributed by atoms with Crippen molar-refractivity contribution in [3.63, 3.8) is 0 Å². The van der Waals surface area contributed by atoms with E-state index in [4.69, 9.17) is 0 Å². The quantitative estimate of drug-likeness (QED) is 0.346. The van der Waals surface area contributed by atoms with Gasteiger partial charge in [-0.15, -0.1) is 0 Å². The van der Waals surface area contributed by atoms with Crippen molar-refractivity contribution < 1.29 is 0 Å². The summed E-state index contributed by atoms with van der Waals surface area (Å²) in [7, 11) is 0. The second kappa shape index (κ2) is 11.6. The SMILES string of the molecule is CCC=CCCC=CC(C)CCCCC. The van der Waals surface area contributed by atoms with E-state index in [-0.39, 0.29) is 0 Å². The molecular weight excluding hydrogens is 180 g/mol. The van der Waals surface area contributed by atoms with Crippen LogP contribution in [0.2, 0.25) is 0 Å². The van der Waals surface area contributed by atoms with Crippen LogP contribution in [0.25, 0.3) is 0 Å². The molecule has 0 aliphatic heterocycles. The summed E-state index contributed by atoms with van der Waals surface area (Å²) in [4.78, 5) is 0. The fourth-order valence-electron chi connectivity index (χ4n) is 1.62. The van der Waals surface area contributed by atoms with Crippen LogP contribution in [0.4, 0.5) is 0 Å². The zero-order chi connectivity index (χ0) is 11.4. The van der Waals surface area contributed by atoms with Crippen molar-refractivity contribution in [2.45, 2.75) is 65.7 Å². The summed E-state index contributed by atoms with van der Waals surface area (Å²) >= 11 is 0. The maximum Gasteiger partial charge on any atom is -0.0262 e. The van der Waals surface area contributed by atoms with E-state index in [1.54, 1.807) is 0 Å². The van der Waals surface area contributed by atoms with E-state index in [0.29, 0.717) is 0 Å². The molecule has 0 amide bonds. The molecule has 0 fully saturated rings. The Balaban J connectivity index is 3.37. The predicted molar refractivity (Wildman–Crippen MR) is 71.1 cm³/mol. The topological polar surface area (TPSA) is 0 Å². The lowest BCUT2D eigenvalue weighted by Gasteiger charge is -2.04. The molecule has 1 unspecified atom stereocenters. The normalized spacial score (nSPS) is 14.1. The molecule has 0 saturated carbocycles. The van der Waals surface area contributed by atoms with Crippen molar-refractivity contribution >= 4 is 0 Å². The van der Waals surface area contributed by atoms with Crippen LogP contribution in [-0.2, 0) is 0 Å². The van der Waals surface area contributed by atoms with Crippen molar-refractivity contribution in [2.75, 3.05) is 0 Å². The summed E-state index contributed by atoms with van der Waals surface area (Å²) in [5, 5.41) is 0. The van der Waals surface area contributed by atoms with Crippen LogP contribution in [0, 0.1) is 5.92 Å². The van der Waals surface area contributed by atoms with Crippen LogP contribution in [-0.4, -0.2) is 0 Å². The molecule has 0 aromatic rings. The highest BCUT2D eigenvalue weighted by Gasteiger charge is 1.95. The highest BCUT2D eigenvalue weighted by molar-refractivity contribution is 4.90. The molecule has 0 rings (SSSR count). The summed E-state index contributed by atoms with van der Waals surface area (Å²) < 4.78 is 0. The smallest absolute Gasteiger partial charge is 0.0262 e. The molecule has 0 spiro atoms. The lowest BCUT2D eigenvalue weighted by atomic mass is 10.0. The van der Waals surface area contributed by atoms with Gasteiger partial charge in [-0.25, -0.2) is 0 Å². The van der Waals surface area contributed by atoms with Crippen LogP contribution in [0.15, 0.2) is 24.3 Å². The standard InChI is InChI=1S/C15H28/c1-4-6-8-9-10-12-14-15(3)13-11-7-5-2/h6,8,12,14-15H,4-5,7,9-11,13H2,1-3H3. The van der Waals surface area contributed by atoms with Gasteiger partial charge in [0.25, 0.3) is 0 Å². The Morgan fingerprint density at radius 2 is 1.67 bits per heavy atom. The molecule has 0 radical (unpaired) electrons. The zero-order valence-corrected chi connectivity index (χ0v) is 10.8. The molecular formula is C15H28. The molecule has 0 aliphatic rings. The van der Waals surface area contributed by atoms with Gasteiger partial charge in [-0.3, -0.25) is 0 Å². The van der Waals surface area contributed by atoms with Gasteiger partial charge in [0.1, 0.15) is 0 Å².